The lowest BCUT2D eigenvalue weighted by atomic mass is 10.1. The summed E-state index contributed by atoms with van der Waals surface area (Å²) in [6.45, 7) is 9.58. The third-order valence-corrected chi connectivity index (χ3v) is 3.09. The average molecular weight is 264 g/mol. The highest BCUT2D eigenvalue weighted by Gasteiger charge is 2.15. The number of benzene rings is 1. The van der Waals surface area contributed by atoms with Gasteiger partial charge in [-0.05, 0) is 18.1 Å². The van der Waals surface area contributed by atoms with E-state index >= 15 is 0 Å². The zero-order valence-corrected chi connectivity index (χ0v) is 13.1. The zero-order chi connectivity index (χ0) is 14.4. The Kier molecular flexibility index (Phi) is 6.16. The molecule has 1 aromatic rings. The van der Waals surface area contributed by atoms with E-state index in [0.29, 0.717) is 12.0 Å². The lowest BCUT2D eigenvalue weighted by molar-refractivity contribution is 0.146. The maximum atomic E-state index is 6.13. The Labute approximate surface area is 118 Å². The van der Waals surface area contributed by atoms with E-state index in [1.54, 1.807) is 0 Å². The molecule has 3 heteroatoms. The summed E-state index contributed by atoms with van der Waals surface area (Å²) in [5.74, 6) is 1.42. The molecular formula is C16H28N2O. The third kappa shape index (κ3) is 5.52. The Morgan fingerprint density at radius 3 is 2.37 bits per heavy atom. The van der Waals surface area contributed by atoms with E-state index in [-0.39, 0.29) is 6.10 Å². The first-order valence-corrected chi connectivity index (χ1v) is 7.07. The van der Waals surface area contributed by atoms with Crippen molar-refractivity contribution < 1.29 is 4.74 Å². The van der Waals surface area contributed by atoms with Gasteiger partial charge in [0.2, 0.25) is 0 Å². The molecule has 0 saturated carbocycles. The van der Waals surface area contributed by atoms with Crippen molar-refractivity contribution in [1.29, 1.82) is 0 Å². The molecule has 1 rings (SSSR count). The summed E-state index contributed by atoms with van der Waals surface area (Å²) in [4.78, 5) is 2.09. The maximum absolute atomic E-state index is 6.13. The van der Waals surface area contributed by atoms with Crippen LogP contribution in [0, 0.1) is 5.92 Å². The molecule has 1 N–H and O–H groups in total. The van der Waals surface area contributed by atoms with Gasteiger partial charge in [-0.25, -0.2) is 0 Å². The maximum Gasteiger partial charge on any atom is 0.121 e. The minimum atomic E-state index is 0.194. The van der Waals surface area contributed by atoms with Crippen LogP contribution in [0.5, 0.6) is 5.75 Å². The molecule has 1 aromatic carbocycles. The molecule has 0 amide bonds. The fourth-order valence-corrected chi connectivity index (χ4v) is 1.78. The summed E-state index contributed by atoms with van der Waals surface area (Å²) in [6.07, 6.45) is 0.194. The first kappa shape index (κ1) is 15.8. The Morgan fingerprint density at radius 1 is 1.16 bits per heavy atom. The highest BCUT2D eigenvalue weighted by atomic mass is 16.5. The second-order valence-corrected chi connectivity index (χ2v) is 5.86. The van der Waals surface area contributed by atoms with Gasteiger partial charge in [-0.15, -0.1) is 0 Å². The molecule has 0 bridgehead atoms. The van der Waals surface area contributed by atoms with Crippen molar-refractivity contribution in [2.24, 2.45) is 5.92 Å². The third-order valence-electron chi connectivity index (χ3n) is 3.09. The smallest absolute Gasteiger partial charge is 0.121 e. The van der Waals surface area contributed by atoms with Crippen molar-refractivity contribution in [3.8, 4) is 5.75 Å². The summed E-state index contributed by atoms with van der Waals surface area (Å²) in [5, 5.41) is 3.45. The molecule has 0 aliphatic rings. The normalized spacial score (nSPS) is 12.8. The SMILES string of the molecule is CC(C)NCC(Oc1cccc(N(C)C)c1)C(C)C. The summed E-state index contributed by atoms with van der Waals surface area (Å²) in [6, 6.07) is 8.72. The van der Waals surface area contributed by atoms with Gasteiger partial charge >= 0.3 is 0 Å². The van der Waals surface area contributed by atoms with Gasteiger partial charge in [-0.1, -0.05) is 33.8 Å². The van der Waals surface area contributed by atoms with Crippen LogP contribution in [0.3, 0.4) is 0 Å². The molecule has 0 heterocycles. The summed E-state index contributed by atoms with van der Waals surface area (Å²) in [5.41, 5.74) is 1.16. The number of nitrogens with zero attached hydrogens (tertiary/aromatic N) is 1. The van der Waals surface area contributed by atoms with Crippen LogP contribution in [-0.4, -0.2) is 32.8 Å². The number of hydrogen-bond acceptors (Lipinski definition) is 3. The van der Waals surface area contributed by atoms with Crippen LogP contribution in [-0.2, 0) is 0 Å². The van der Waals surface area contributed by atoms with E-state index in [1.165, 1.54) is 0 Å². The molecule has 19 heavy (non-hydrogen) atoms. The lowest BCUT2D eigenvalue weighted by Crippen LogP contribution is -2.38. The second kappa shape index (κ2) is 7.39. The van der Waals surface area contributed by atoms with Crippen molar-refractivity contribution in [3.63, 3.8) is 0 Å². The van der Waals surface area contributed by atoms with E-state index in [4.69, 9.17) is 4.74 Å². The summed E-state index contributed by atoms with van der Waals surface area (Å²) >= 11 is 0. The van der Waals surface area contributed by atoms with Crippen molar-refractivity contribution in [2.75, 3.05) is 25.5 Å². The molecule has 0 aliphatic carbocycles. The predicted octanol–water partition coefficient (Wildman–Crippen LogP) is 3.15. The van der Waals surface area contributed by atoms with Crippen LogP contribution in [0.25, 0.3) is 0 Å². The molecule has 1 atom stereocenters. The van der Waals surface area contributed by atoms with Crippen LogP contribution in [0.15, 0.2) is 24.3 Å². The minimum absolute atomic E-state index is 0.194. The van der Waals surface area contributed by atoms with Gasteiger partial charge in [-0.3, -0.25) is 0 Å². The number of nitrogens with one attached hydrogen (secondary N) is 1. The highest BCUT2D eigenvalue weighted by Crippen LogP contribution is 2.21. The fourth-order valence-electron chi connectivity index (χ4n) is 1.78. The zero-order valence-electron chi connectivity index (χ0n) is 13.1. The van der Waals surface area contributed by atoms with Crippen LogP contribution in [0.4, 0.5) is 5.69 Å². The Balaban J connectivity index is 2.70. The van der Waals surface area contributed by atoms with Gasteiger partial charge in [0.05, 0.1) is 0 Å². The quantitative estimate of drug-likeness (QED) is 0.819. The molecule has 108 valence electrons. The van der Waals surface area contributed by atoms with Crippen molar-refractivity contribution in [3.05, 3.63) is 24.3 Å². The number of hydrogen-bond donors (Lipinski definition) is 1. The minimum Gasteiger partial charge on any atom is -0.489 e. The van der Waals surface area contributed by atoms with Crippen LogP contribution < -0.4 is 15.0 Å². The monoisotopic (exact) mass is 264 g/mol. The molecule has 0 radical (unpaired) electrons. The standard InChI is InChI=1S/C16H28N2O/c1-12(2)16(11-17-13(3)4)19-15-9-7-8-14(10-15)18(5)6/h7-10,12-13,16-17H,11H2,1-6H3. The molecule has 0 fully saturated rings. The van der Waals surface area contributed by atoms with Crippen molar-refractivity contribution in [2.45, 2.75) is 39.8 Å². The molecule has 0 aromatic heterocycles. The van der Waals surface area contributed by atoms with E-state index in [1.807, 2.05) is 26.2 Å². The Hall–Kier alpha value is -1.22. The van der Waals surface area contributed by atoms with Crippen LogP contribution in [0.2, 0.25) is 0 Å². The molecule has 1 unspecified atom stereocenters. The number of rotatable bonds is 7. The summed E-state index contributed by atoms with van der Waals surface area (Å²) < 4.78 is 6.13. The van der Waals surface area contributed by atoms with Gasteiger partial charge in [0.1, 0.15) is 11.9 Å². The first-order valence-electron chi connectivity index (χ1n) is 7.07. The molecule has 3 nitrogen and oxygen atoms in total. The Morgan fingerprint density at radius 2 is 1.84 bits per heavy atom. The second-order valence-electron chi connectivity index (χ2n) is 5.86. The van der Waals surface area contributed by atoms with Gasteiger partial charge in [0.25, 0.3) is 0 Å². The number of anilines is 1. The lowest BCUT2D eigenvalue weighted by Gasteiger charge is -2.25. The average Bonchev–Trinajstić information content (AvgIpc) is 2.34. The Bertz CT molecular complexity index is 375. The molecular weight excluding hydrogens is 236 g/mol. The van der Waals surface area contributed by atoms with Crippen LogP contribution >= 0.6 is 0 Å². The van der Waals surface area contributed by atoms with E-state index in [2.05, 4.69) is 50.0 Å². The van der Waals surface area contributed by atoms with E-state index < -0.39 is 0 Å². The largest absolute Gasteiger partial charge is 0.489 e. The predicted molar refractivity (Wildman–Crippen MR) is 83.2 cm³/mol. The fraction of sp³-hybridized carbons (Fsp3) is 0.625. The molecule has 0 aliphatic heterocycles. The topological polar surface area (TPSA) is 24.5 Å². The van der Waals surface area contributed by atoms with E-state index in [0.717, 1.165) is 18.0 Å². The highest BCUT2D eigenvalue weighted by molar-refractivity contribution is 5.49. The van der Waals surface area contributed by atoms with Gasteiger partial charge < -0.3 is 15.0 Å². The number of ether oxygens (including phenoxy) is 1. The van der Waals surface area contributed by atoms with Crippen molar-refractivity contribution >= 4 is 5.69 Å². The van der Waals surface area contributed by atoms with Crippen molar-refractivity contribution in [1.82, 2.24) is 5.32 Å². The van der Waals surface area contributed by atoms with Gasteiger partial charge in [0, 0.05) is 38.4 Å². The van der Waals surface area contributed by atoms with Gasteiger partial charge in [-0.2, -0.15) is 0 Å². The molecule has 0 spiro atoms. The van der Waals surface area contributed by atoms with E-state index in [9.17, 15) is 0 Å². The summed E-state index contributed by atoms with van der Waals surface area (Å²) in [7, 11) is 4.08. The first-order chi connectivity index (χ1) is 8.90. The van der Waals surface area contributed by atoms with Crippen LogP contribution in [0.1, 0.15) is 27.7 Å². The van der Waals surface area contributed by atoms with Gasteiger partial charge in [0.15, 0.2) is 0 Å². The molecule has 0 saturated heterocycles.